The molecule has 0 aliphatic carbocycles. The molecule has 1 aromatic carbocycles. The van der Waals surface area contributed by atoms with Crippen molar-refractivity contribution >= 4 is 0 Å². The highest BCUT2D eigenvalue weighted by Gasteiger charge is 2.12. The number of benzene rings is 1. The first-order valence-corrected chi connectivity index (χ1v) is 6.92. The zero-order valence-corrected chi connectivity index (χ0v) is 12.5. The van der Waals surface area contributed by atoms with Crippen molar-refractivity contribution < 1.29 is 13.7 Å². The SMILES string of the molecule is COc1cccc(CN(C)Cc2nc(-c3ccco3)no2)c1. The average Bonchev–Trinajstić information content (AvgIpc) is 3.18. The summed E-state index contributed by atoms with van der Waals surface area (Å²) in [5, 5.41) is 3.92. The third-order valence-corrected chi connectivity index (χ3v) is 3.20. The molecule has 2 heterocycles. The summed E-state index contributed by atoms with van der Waals surface area (Å²) in [7, 11) is 3.66. The van der Waals surface area contributed by atoms with Gasteiger partial charge in [0.15, 0.2) is 5.76 Å². The van der Waals surface area contributed by atoms with Crippen molar-refractivity contribution in [3.05, 3.63) is 54.1 Å². The van der Waals surface area contributed by atoms with Crippen molar-refractivity contribution in [1.29, 1.82) is 0 Å². The molecular weight excluding hydrogens is 282 g/mol. The molecule has 0 amide bonds. The van der Waals surface area contributed by atoms with Crippen molar-refractivity contribution in [3.8, 4) is 17.3 Å². The second-order valence-electron chi connectivity index (χ2n) is 5.01. The standard InChI is InChI=1S/C16H17N3O3/c1-19(10-12-5-3-6-13(9-12)20-2)11-15-17-16(18-22-15)14-7-4-8-21-14/h3-9H,10-11H2,1-2H3. The molecule has 0 aliphatic heterocycles. The average molecular weight is 299 g/mol. The second-order valence-corrected chi connectivity index (χ2v) is 5.01. The topological polar surface area (TPSA) is 64.5 Å². The normalized spacial score (nSPS) is 11.0. The summed E-state index contributed by atoms with van der Waals surface area (Å²) >= 11 is 0. The van der Waals surface area contributed by atoms with Crippen LogP contribution in [0.1, 0.15) is 11.5 Å². The van der Waals surface area contributed by atoms with Gasteiger partial charge in [-0.05, 0) is 36.9 Å². The molecule has 114 valence electrons. The Labute approximate surface area is 128 Å². The van der Waals surface area contributed by atoms with Crippen molar-refractivity contribution in [2.75, 3.05) is 14.2 Å². The van der Waals surface area contributed by atoms with Gasteiger partial charge in [-0.15, -0.1) is 0 Å². The van der Waals surface area contributed by atoms with Crippen LogP contribution in [0.5, 0.6) is 5.75 Å². The van der Waals surface area contributed by atoms with Crippen LogP contribution in [-0.2, 0) is 13.1 Å². The Morgan fingerprint density at radius 1 is 1.18 bits per heavy atom. The fraction of sp³-hybridized carbons (Fsp3) is 0.250. The van der Waals surface area contributed by atoms with Crippen molar-refractivity contribution in [3.63, 3.8) is 0 Å². The number of rotatable bonds is 6. The van der Waals surface area contributed by atoms with Crippen LogP contribution in [0.15, 0.2) is 51.6 Å². The van der Waals surface area contributed by atoms with E-state index >= 15 is 0 Å². The molecular formula is C16H17N3O3. The lowest BCUT2D eigenvalue weighted by atomic mass is 10.2. The summed E-state index contributed by atoms with van der Waals surface area (Å²) in [5.74, 6) is 2.47. The first kappa shape index (κ1) is 14.3. The Morgan fingerprint density at radius 3 is 2.86 bits per heavy atom. The number of ether oxygens (including phenoxy) is 1. The van der Waals surface area contributed by atoms with Gasteiger partial charge in [0.2, 0.25) is 11.7 Å². The molecule has 3 rings (SSSR count). The molecule has 0 aliphatic rings. The van der Waals surface area contributed by atoms with E-state index in [2.05, 4.69) is 21.1 Å². The van der Waals surface area contributed by atoms with Crippen LogP contribution in [-0.4, -0.2) is 29.2 Å². The Kier molecular flexibility index (Phi) is 4.20. The number of nitrogens with zero attached hydrogens (tertiary/aromatic N) is 3. The summed E-state index contributed by atoms with van der Waals surface area (Å²) in [4.78, 5) is 6.42. The van der Waals surface area contributed by atoms with Gasteiger partial charge in [0.25, 0.3) is 0 Å². The van der Waals surface area contributed by atoms with Crippen LogP contribution in [0, 0.1) is 0 Å². The lowest BCUT2D eigenvalue weighted by Gasteiger charge is -2.14. The first-order chi connectivity index (χ1) is 10.7. The van der Waals surface area contributed by atoms with Crippen molar-refractivity contribution in [2.24, 2.45) is 0 Å². The van der Waals surface area contributed by atoms with Crippen molar-refractivity contribution in [2.45, 2.75) is 13.1 Å². The maximum absolute atomic E-state index is 5.25. The Hall–Kier alpha value is -2.60. The van der Waals surface area contributed by atoms with Crippen molar-refractivity contribution in [1.82, 2.24) is 15.0 Å². The highest BCUT2D eigenvalue weighted by atomic mass is 16.5. The maximum atomic E-state index is 5.25. The largest absolute Gasteiger partial charge is 0.497 e. The van der Waals surface area contributed by atoms with E-state index in [1.165, 1.54) is 0 Å². The van der Waals surface area contributed by atoms with Crippen LogP contribution >= 0.6 is 0 Å². The lowest BCUT2D eigenvalue weighted by molar-refractivity contribution is 0.260. The Bertz CT molecular complexity index is 722. The molecule has 0 unspecified atom stereocenters. The zero-order valence-electron chi connectivity index (χ0n) is 12.5. The highest BCUT2D eigenvalue weighted by molar-refractivity contribution is 5.44. The Balaban J connectivity index is 1.63. The maximum Gasteiger partial charge on any atom is 0.241 e. The summed E-state index contributed by atoms with van der Waals surface area (Å²) in [5.41, 5.74) is 1.16. The van der Waals surface area contributed by atoms with Gasteiger partial charge in [0, 0.05) is 6.54 Å². The summed E-state index contributed by atoms with van der Waals surface area (Å²) in [6, 6.07) is 11.6. The van der Waals surface area contributed by atoms with Gasteiger partial charge < -0.3 is 13.7 Å². The van der Waals surface area contributed by atoms with Crippen LogP contribution in [0.2, 0.25) is 0 Å². The van der Waals surface area contributed by atoms with E-state index in [0.717, 1.165) is 17.9 Å². The number of methoxy groups -OCH3 is 1. The van der Waals surface area contributed by atoms with Crippen LogP contribution < -0.4 is 4.74 Å². The van der Waals surface area contributed by atoms with Crippen LogP contribution in [0.4, 0.5) is 0 Å². The molecule has 0 spiro atoms. The molecule has 0 fully saturated rings. The summed E-state index contributed by atoms with van der Waals surface area (Å²) in [6.07, 6.45) is 1.58. The number of hydrogen-bond donors (Lipinski definition) is 0. The molecule has 0 atom stereocenters. The third kappa shape index (κ3) is 3.35. The van der Waals surface area contributed by atoms with E-state index in [1.807, 2.05) is 25.2 Å². The van der Waals surface area contributed by atoms with Gasteiger partial charge in [0.05, 0.1) is 19.9 Å². The third-order valence-electron chi connectivity index (χ3n) is 3.20. The van der Waals surface area contributed by atoms with Crippen LogP contribution in [0.3, 0.4) is 0 Å². The van der Waals surface area contributed by atoms with Gasteiger partial charge in [-0.25, -0.2) is 0 Å². The van der Waals surface area contributed by atoms with E-state index in [-0.39, 0.29) is 0 Å². The van der Waals surface area contributed by atoms with E-state index in [1.54, 1.807) is 25.5 Å². The predicted molar refractivity (Wildman–Crippen MR) is 80.2 cm³/mol. The molecule has 22 heavy (non-hydrogen) atoms. The zero-order chi connectivity index (χ0) is 15.4. The first-order valence-electron chi connectivity index (χ1n) is 6.92. The molecule has 6 nitrogen and oxygen atoms in total. The monoisotopic (exact) mass is 299 g/mol. The highest BCUT2D eigenvalue weighted by Crippen LogP contribution is 2.17. The van der Waals surface area contributed by atoms with Gasteiger partial charge in [-0.1, -0.05) is 17.3 Å². The predicted octanol–water partition coefficient (Wildman–Crippen LogP) is 2.97. The molecule has 0 bridgehead atoms. The molecule has 0 N–H and O–H groups in total. The van der Waals surface area contributed by atoms with E-state index in [9.17, 15) is 0 Å². The van der Waals surface area contributed by atoms with Gasteiger partial charge >= 0.3 is 0 Å². The molecule has 0 saturated carbocycles. The minimum absolute atomic E-state index is 0.467. The molecule has 3 aromatic rings. The van der Waals surface area contributed by atoms with E-state index in [0.29, 0.717) is 24.0 Å². The van der Waals surface area contributed by atoms with E-state index in [4.69, 9.17) is 13.7 Å². The fourth-order valence-corrected chi connectivity index (χ4v) is 2.19. The van der Waals surface area contributed by atoms with E-state index < -0.39 is 0 Å². The number of hydrogen-bond acceptors (Lipinski definition) is 6. The quantitative estimate of drug-likeness (QED) is 0.697. The van der Waals surface area contributed by atoms with Gasteiger partial charge in [-0.2, -0.15) is 4.98 Å². The summed E-state index contributed by atoms with van der Waals surface area (Å²) in [6.45, 7) is 1.32. The minimum Gasteiger partial charge on any atom is -0.497 e. The number of furan rings is 1. The minimum atomic E-state index is 0.467. The lowest BCUT2D eigenvalue weighted by Crippen LogP contribution is -2.17. The van der Waals surface area contributed by atoms with Gasteiger partial charge in [-0.3, -0.25) is 4.90 Å². The summed E-state index contributed by atoms with van der Waals surface area (Å²) < 4.78 is 15.7. The molecule has 0 saturated heterocycles. The fourth-order valence-electron chi connectivity index (χ4n) is 2.19. The Morgan fingerprint density at radius 2 is 2.09 bits per heavy atom. The molecule has 2 aromatic heterocycles. The second kappa shape index (κ2) is 6.44. The van der Waals surface area contributed by atoms with Gasteiger partial charge in [0.1, 0.15) is 5.75 Å². The molecule has 0 radical (unpaired) electrons. The van der Waals surface area contributed by atoms with Crippen LogP contribution in [0.25, 0.3) is 11.6 Å². The number of aromatic nitrogens is 2. The molecule has 6 heteroatoms. The smallest absolute Gasteiger partial charge is 0.241 e.